The molecule has 178 valence electrons. The lowest BCUT2D eigenvalue weighted by atomic mass is 9.98. The number of aryl methyl sites for hydroxylation is 1. The predicted molar refractivity (Wildman–Crippen MR) is 114 cm³/mol. The van der Waals surface area contributed by atoms with Crippen LogP contribution in [-0.4, -0.2) is 37.9 Å². The molecule has 0 bridgehead atoms. The number of alkyl halides is 3. The molecule has 7 nitrogen and oxygen atoms in total. The van der Waals surface area contributed by atoms with E-state index in [1.54, 1.807) is 25.1 Å². The molecule has 0 aliphatic heterocycles. The molecule has 0 aromatic heterocycles. The highest BCUT2D eigenvalue weighted by molar-refractivity contribution is 6.45. The van der Waals surface area contributed by atoms with Gasteiger partial charge in [0.05, 0.1) is 10.7 Å². The highest BCUT2D eigenvalue weighted by atomic mass is 35.5. The molecule has 0 aliphatic carbocycles. The van der Waals surface area contributed by atoms with Gasteiger partial charge in [-0.25, -0.2) is 4.39 Å². The normalized spacial score (nSPS) is 12.4. The molecule has 0 aliphatic rings. The second-order valence-electron chi connectivity index (χ2n) is 6.54. The maximum Gasteiger partial charge on any atom is 0.573 e. The van der Waals surface area contributed by atoms with Gasteiger partial charge in [-0.15, -0.1) is 13.2 Å². The number of hydrogen-bond donors (Lipinski definition) is 1. The maximum absolute atomic E-state index is 14.2. The molecule has 2 aromatic carbocycles. The van der Waals surface area contributed by atoms with Gasteiger partial charge >= 0.3 is 6.36 Å². The van der Waals surface area contributed by atoms with E-state index < -0.39 is 28.9 Å². The van der Waals surface area contributed by atoms with Crippen molar-refractivity contribution in [3.8, 4) is 5.75 Å². The fourth-order valence-corrected chi connectivity index (χ4v) is 2.96. The number of benzene rings is 2. The first-order valence-electron chi connectivity index (χ1n) is 9.32. The average Bonchev–Trinajstić information content (AvgIpc) is 2.75. The summed E-state index contributed by atoms with van der Waals surface area (Å²) in [6.07, 6.45) is -5.14. The highest BCUT2D eigenvalue weighted by Gasteiger charge is 2.34. The number of halogens is 5. The Balaban J connectivity index is 2.38. The van der Waals surface area contributed by atoms with E-state index in [2.05, 4.69) is 20.4 Å². The number of carbonyl (C=O) groups is 1. The molecule has 33 heavy (non-hydrogen) atoms. The van der Waals surface area contributed by atoms with E-state index in [0.29, 0.717) is 11.1 Å². The first-order valence-corrected chi connectivity index (χ1v) is 9.70. The lowest BCUT2D eigenvalue weighted by Crippen LogP contribution is -2.29. The van der Waals surface area contributed by atoms with Crippen molar-refractivity contribution in [3.63, 3.8) is 0 Å². The first kappa shape index (κ1) is 25.9. The van der Waals surface area contributed by atoms with Gasteiger partial charge in [0.25, 0.3) is 5.91 Å². The third-order valence-electron chi connectivity index (χ3n) is 4.36. The molecule has 0 spiro atoms. The molecule has 1 amide bonds. The van der Waals surface area contributed by atoms with Crippen molar-refractivity contribution in [1.82, 2.24) is 5.32 Å². The zero-order valence-corrected chi connectivity index (χ0v) is 18.8. The minimum atomic E-state index is -5.14. The van der Waals surface area contributed by atoms with E-state index in [9.17, 15) is 22.4 Å². The van der Waals surface area contributed by atoms with Crippen molar-refractivity contribution in [3.05, 3.63) is 63.4 Å². The van der Waals surface area contributed by atoms with Crippen LogP contribution in [0.5, 0.6) is 5.75 Å². The van der Waals surface area contributed by atoms with Crippen molar-refractivity contribution in [2.45, 2.75) is 26.8 Å². The van der Waals surface area contributed by atoms with Crippen LogP contribution in [0.2, 0.25) is 5.02 Å². The Morgan fingerprint density at radius 3 is 2.45 bits per heavy atom. The van der Waals surface area contributed by atoms with Gasteiger partial charge in [-0.3, -0.25) is 4.79 Å². The third kappa shape index (κ3) is 6.58. The summed E-state index contributed by atoms with van der Waals surface area (Å²) in [5.74, 6) is -3.01. The number of rotatable bonds is 8. The molecular formula is C21H20ClF4N3O4. The summed E-state index contributed by atoms with van der Waals surface area (Å²) < 4.78 is 56.2. The molecule has 0 fully saturated rings. The maximum atomic E-state index is 14.2. The zero-order valence-electron chi connectivity index (χ0n) is 18.0. The fraction of sp³-hybridized carbons (Fsp3) is 0.286. The lowest BCUT2D eigenvalue weighted by molar-refractivity contribution is -0.275. The van der Waals surface area contributed by atoms with Gasteiger partial charge < -0.3 is 19.7 Å². The fourth-order valence-electron chi connectivity index (χ4n) is 2.81. The summed E-state index contributed by atoms with van der Waals surface area (Å²) in [4.78, 5) is 22.3. The van der Waals surface area contributed by atoms with Crippen LogP contribution >= 0.6 is 11.6 Å². The van der Waals surface area contributed by atoms with Crippen LogP contribution in [-0.2, 0) is 21.1 Å². The van der Waals surface area contributed by atoms with Gasteiger partial charge in [0.2, 0.25) is 0 Å². The summed E-state index contributed by atoms with van der Waals surface area (Å²) >= 11 is 5.58. The van der Waals surface area contributed by atoms with Crippen LogP contribution in [0.1, 0.15) is 29.2 Å². The van der Waals surface area contributed by atoms with Crippen LogP contribution in [0.3, 0.4) is 0 Å². The smallest absolute Gasteiger partial charge is 0.402 e. The topological polar surface area (TPSA) is 81.5 Å². The number of carbonyl (C=O) groups excluding carboxylic acids is 1. The SMILES string of the molecule is CNC(=O)/C(=N/OC)c1cccc(C)c1CO/N=C(\C)c1ccc(Cl)c(F)c1OC(F)(F)F. The second kappa shape index (κ2) is 11.0. The van der Waals surface area contributed by atoms with Crippen LogP contribution in [0.4, 0.5) is 17.6 Å². The van der Waals surface area contributed by atoms with Crippen molar-refractivity contribution in [2.24, 2.45) is 10.3 Å². The standard InChI is InChI=1S/C21H20ClF4N3O4/c1-11-6-5-7-14(18(29-31-4)20(30)27-3)15(11)10-32-28-12(2)13-8-9-16(22)17(23)19(13)33-21(24,25)26/h5-9H,10H2,1-4H3,(H,27,30)/b28-12+,29-18+. The molecule has 0 heterocycles. The molecule has 0 saturated carbocycles. The molecule has 12 heteroatoms. The van der Waals surface area contributed by atoms with E-state index in [1.807, 2.05) is 0 Å². The first-order chi connectivity index (χ1) is 15.5. The van der Waals surface area contributed by atoms with E-state index in [4.69, 9.17) is 21.3 Å². The van der Waals surface area contributed by atoms with Gasteiger partial charge in [-0.1, -0.05) is 40.1 Å². The average molecular weight is 490 g/mol. The van der Waals surface area contributed by atoms with Crippen LogP contribution < -0.4 is 10.1 Å². The second-order valence-corrected chi connectivity index (χ2v) is 6.95. The van der Waals surface area contributed by atoms with Gasteiger partial charge in [-0.2, -0.15) is 0 Å². The van der Waals surface area contributed by atoms with Crippen LogP contribution in [0.25, 0.3) is 0 Å². The summed E-state index contributed by atoms with van der Waals surface area (Å²) in [6.45, 7) is 2.90. The number of nitrogens with zero attached hydrogens (tertiary/aromatic N) is 2. The number of nitrogens with one attached hydrogen (secondary N) is 1. The molecule has 2 rings (SSSR count). The Bertz CT molecular complexity index is 1090. The van der Waals surface area contributed by atoms with Crippen molar-refractivity contribution < 1.29 is 36.8 Å². The Hall–Kier alpha value is -3.34. The van der Waals surface area contributed by atoms with Crippen molar-refractivity contribution >= 4 is 28.9 Å². The predicted octanol–water partition coefficient (Wildman–Crippen LogP) is 4.72. The van der Waals surface area contributed by atoms with Crippen LogP contribution in [0, 0.1) is 12.7 Å². The zero-order chi connectivity index (χ0) is 24.8. The van der Waals surface area contributed by atoms with E-state index in [0.717, 1.165) is 17.7 Å². The number of ether oxygens (including phenoxy) is 1. The van der Waals surface area contributed by atoms with E-state index in [-0.39, 0.29) is 23.6 Å². The molecule has 0 saturated heterocycles. The molecular weight excluding hydrogens is 470 g/mol. The summed E-state index contributed by atoms with van der Waals surface area (Å²) in [6, 6.07) is 7.29. The third-order valence-corrected chi connectivity index (χ3v) is 4.65. The monoisotopic (exact) mass is 489 g/mol. The Kier molecular flexibility index (Phi) is 8.63. The summed E-state index contributed by atoms with van der Waals surface area (Å²) in [7, 11) is 2.72. The minimum Gasteiger partial charge on any atom is -0.402 e. The Morgan fingerprint density at radius 1 is 1.15 bits per heavy atom. The minimum absolute atomic E-state index is 0.0105. The number of likely N-dealkylation sites (N-methyl/N-ethyl adjacent to an activating group) is 1. The van der Waals surface area contributed by atoms with Crippen LogP contribution in [0.15, 0.2) is 40.6 Å². The largest absolute Gasteiger partial charge is 0.573 e. The van der Waals surface area contributed by atoms with E-state index >= 15 is 0 Å². The summed E-state index contributed by atoms with van der Waals surface area (Å²) in [5.41, 5.74) is 1.25. The molecule has 0 radical (unpaired) electrons. The van der Waals surface area contributed by atoms with Crippen molar-refractivity contribution in [2.75, 3.05) is 14.2 Å². The van der Waals surface area contributed by atoms with E-state index in [1.165, 1.54) is 21.1 Å². The van der Waals surface area contributed by atoms with Gasteiger partial charge in [0.1, 0.15) is 13.7 Å². The highest BCUT2D eigenvalue weighted by Crippen LogP contribution is 2.33. The Morgan fingerprint density at radius 2 is 1.85 bits per heavy atom. The van der Waals surface area contributed by atoms with Crippen molar-refractivity contribution in [1.29, 1.82) is 0 Å². The lowest BCUT2D eigenvalue weighted by Gasteiger charge is -2.15. The Labute approximate surface area is 191 Å². The van der Waals surface area contributed by atoms with Gasteiger partial charge in [0.15, 0.2) is 17.3 Å². The summed E-state index contributed by atoms with van der Waals surface area (Å²) in [5, 5.41) is 9.46. The molecule has 0 atom stereocenters. The quantitative estimate of drug-likeness (QED) is 0.330. The molecule has 2 aromatic rings. The molecule has 1 N–H and O–H groups in total. The molecule has 0 unspecified atom stereocenters. The number of hydrogen-bond acceptors (Lipinski definition) is 6. The number of amides is 1. The van der Waals surface area contributed by atoms with Gasteiger partial charge in [0, 0.05) is 23.7 Å². The van der Waals surface area contributed by atoms with Gasteiger partial charge in [-0.05, 0) is 31.5 Å². The number of oxime groups is 2.